The molecule has 2 rings (SSSR count). The number of morpholine rings is 1. The third kappa shape index (κ3) is 4.51. The Morgan fingerprint density at radius 3 is 2.59 bits per heavy atom. The highest BCUT2D eigenvalue weighted by atomic mass is 32.1. The fraction of sp³-hybridized carbons (Fsp3) is 0.750. The zero-order chi connectivity index (χ0) is 16.3. The number of ether oxygens (including phenoxy) is 1. The Labute approximate surface area is 137 Å². The number of amides is 1. The van der Waals surface area contributed by atoms with Gasteiger partial charge in [0, 0.05) is 32.1 Å². The lowest BCUT2D eigenvalue weighted by atomic mass is 10.2. The Balaban J connectivity index is 1.83. The summed E-state index contributed by atoms with van der Waals surface area (Å²) in [5.74, 6) is 0.359. The maximum absolute atomic E-state index is 12.3. The van der Waals surface area contributed by atoms with Crippen LogP contribution in [-0.2, 0) is 4.74 Å². The molecule has 1 aromatic rings. The van der Waals surface area contributed by atoms with Crippen molar-refractivity contribution in [3.63, 3.8) is 0 Å². The second kappa shape index (κ2) is 7.53. The van der Waals surface area contributed by atoms with Gasteiger partial charge in [-0.2, -0.15) is 0 Å². The molecule has 2 atom stereocenters. The second-order valence-electron chi connectivity index (χ2n) is 6.39. The van der Waals surface area contributed by atoms with Crippen molar-refractivity contribution in [3.8, 4) is 0 Å². The first kappa shape index (κ1) is 17.4. The summed E-state index contributed by atoms with van der Waals surface area (Å²) in [5, 5.41) is 4.04. The Morgan fingerprint density at radius 1 is 1.41 bits per heavy atom. The van der Waals surface area contributed by atoms with Crippen LogP contribution in [0.4, 0.5) is 0 Å². The van der Waals surface area contributed by atoms with Crippen molar-refractivity contribution in [2.24, 2.45) is 0 Å². The van der Waals surface area contributed by atoms with Gasteiger partial charge in [-0.25, -0.2) is 4.98 Å². The average Bonchev–Trinajstić information content (AvgIpc) is 2.80. The third-order valence-electron chi connectivity index (χ3n) is 3.72. The molecule has 0 bridgehead atoms. The van der Waals surface area contributed by atoms with Crippen LogP contribution in [0.1, 0.15) is 54.0 Å². The van der Waals surface area contributed by atoms with Crippen molar-refractivity contribution in [1.82, 2.24) is 15.2 Å². The van der Waals surface area contributed by atoms with Crippen LogP contribution in [0.3, 0.4) is 0 Å². The number of nitrogens with one attached hydrogen (secondary N) is 1. The highest BCUT2D eigenvalue weighted by molar-refractivity contribution is 7.13. The molecule has 124 valence electrons. The van der Waals surface area contributed by atoms with E-state index in [0.29, 0.717) is 12.5 Å². The number of hydrogen-bond donors (Lipinski definition) is 1. The van der Waals surface area contributed by atoms with E-state index in [2.05, 4.69) is 42.9 Å². The highest BCUT2D eigenvalue weighted by Gasteiger charge is 2.22. The van der Waals surface area contributed by atoms with Crippen molar-refractivity contribution in [1.29, 1.82) is 0 Å². The smallest absolute Gasteiger partial charge is 0.263 e. The SMILES string of the molecule is Cc1nc(C(C)C)sc1C(=O)NCCN1CC(C)OC(C)C1. The molecule has 2 heterocycles. The molecular weight excluding hydrogens is 298 g/mol. The van der Waals surface area contributed by atoms with Gasteiger partial charge in [-0.15, -0.1) is 11.3 Å². The van der Waals surface area contributed by atoms with E-state index >= 15 is 0 Å². The van der Waals surface area contributed by atoms with E-state index in [-0.39, 0.29) is 18.1 Å². The van der Waals surface area contributed by atoms with E-state index in [1.54, 1.807) is 0 Å². The molecule has 1 aliphatic heterocycles. The first-order valence-electron chi connectivity index (χ1n) is 8.00. The topological polar surface area (TPSA) is 54.5 Å². The van der Waals surface area contributed by atoms with Crippen molar-refractivity contribution in [2.75, 3.05) is 26.2 Å². The lowest BCUT2D eigenvalue weighted by Gasteiger charge is -2.35. The van der Waals surface area contributed by atoms with Gasteiger partial charge in [0.05, 0.1) is 22.9 Å². The molecule has 1 fully saturated rings. The molecule has 0 aromatic carbocycles. The molecule has 0 radical (unpaired) electrons. The van der Waals surface area contributed by atoms with E-state index in [1.165, 1.54) is 11.3 Å². The fourth-order valence-electron chi connectivity index (χ4n) is 2.75. The van der Waals surface area contributed by atoms with Gasteiger partial charge in [-0.1, -0.05) is 13.8 Å². The summed E-state index contributed by atoms with van der Waals surface area (Å²) in [6.45, 7) is 13.7. The molecule has 1 saturated heterocycles. The van der Waals surface area contributed by atoms with Gasteiger partial charge >= 0.3 is 0 Å². The molecule has 0 saturated carbocycles. The van der Waals surface area contributed by atoms with Crippen molar-refractivity contribution in [2.45, 2.75) is 52.7 Å². The van der Waals surface area contributed by atoms with Crippen molar-refractivity contribution in [3.05, 3.63) is 15.6 Å². The largest absolute Gasteiger partial charge is 0.373 e. The molecule has 2 unspecified atom stereocenters. The number of hydrogen-bond acceptors (Lipinski definition) is 5. The summed E-state index contributed by atoms with van der Waals surface area (Å²) in [6.07, 6.45) is 0.522. The van der Waals surface area contributed by atoms with Gasteiger partial charge in [0.15, 0.2) is 0 Å². The molecule has 1 aromatic heterocycles. The standard InChI is InChI=1S/C16H27N3O2S/c1-10(2)16-18-13(5)14(22-16)15(20)17-6-7-19-8-11(3)21-12(4)9-19/h10-12H,6-9H2,1-5H3,(H,17,20). The van der Waals surface area contributed by atoms with Crippen LogP contribution in [-0.4, -0.2) is 54.2 Å². The summed E-state index contributed by atoms with van der Waals surface area (Å²) >= 11 is 1.51. The summed E-state index contributed by atoms with van der Waals surface area (Å²) in [4.78, 5) is 19.9. The van der Waals surface area contributed by atoms with Gasteiger partial charge < -0.3 is 10.1 Å². The predicted octanol–water partition coefficient (Wildman–Crippen LogP) is 2.41. The number of nitrogens with zero attached hydrogens (tertiary/aromatic N) is 2. The Morgan fingerprint density at radius 2 is 2.05 bits per heavy atom. The molecule has 1 amide bonds. The van der Waals surface area contributed by atoms with Crippen molar-refractivity contribution >= 4 is 17.2 Å². The molecule has 5 nitrogen and oxygen atoms in total. The van der Waals surface area contributed by atoms with Gasteiger partial charge in [0.1, 0.15) is 4.88 Å². The van der Waals surface area contributed by atoms with Crippen LogP contribution in [0.2, 0.25) is 0 Å². The monoisotopic (exact) mass is 325 g/mol. The Bertz CT molecular complexity index is 505. The zero-order valence-electron chi connectivity index (χ0n) is 14.2. The minimum atomic E-state index is -0.00347. The number of thiazole rings is 1. The first-order chi connectivity index (χ1) is 10.4. The zero-order valence-corrected chi connectivity index (χ0v) is 15.0. The fourth-order valence-corrected chi connectivity index (χ4v) is 3.74. The summed E-state index contributed by atoms with van der Waals surface area (Å²) < 4.78 is 5.72. The van der Waals surface area contributed by atoms with Crippen LogP contribution in [0, 0.1) is 6.92 Å². The van der Waals surface area contributed by atoms with Gasteiger partial charge in [-0.3, -0.25) is 9.69 Å². The molecule has 1 aliphatic rings. The third-order valence-corrected chi connectivity index (χ3v) is 5.18. The second-order valence-corrected chi connectivity index (χ2v) is 7.42. The van der Waals surface area contributed by atoms with Gasteiger partial charge in [0.25, 0.3) is 5.91 Å². The molecule has 1 N–H and O–H groups in total. The highest BCUT2D eigenvalue weighted by Crippen LogP contribution is 2.24. The predicted molar refractivity (Wildman–Crippen MR) is 89.7 cm³/mol. The number of aromatic nitrogens is 1. The quantitative estimate of drug-likeness (QED) is 0.903. The van der Waals surface area contributed by atoms with E-state index in [4.69, 9.17) is 4.74 Å². The molecule has 6 heteroatoms. The minimum Gasteiger partial charge on any atom is -0.373 e. The van der Waals surface area contributed by atoms with Crippen molar-refractivity contribution < 1.29 is 9.53 Å². The Hall–Kier alpha value is -0.980. The maximum atomic E-state index is 12.3. The molecular formula is C16H27N3O2S. The van der Waals surface area contributed by atoms with E-state index in [1.807, 2.05) is 6.92 Å². The summed E-state index contributed by atoms with van der Waals surface area (Å²) in [6, 6.07) is 0. The van der Waals surface area contributed by atoms with Crippen LogP contribution >= 0.6 is 11.3 Å². The lowest BCUT2D eigenvalue weighted by Crippen LogP contribution is -2.47. The summed E-state index contributed by atoms with van der Waals surface area (Å²) in [5.41, 5.74) is 0.833. The van der Waals surface area contributed by atoms with E-state index < -0.39 is 0 Å². The van der Waals surface area contributed by atoms with Gasteiger partial charge in [0.2, 0.25) is 0 Å². The number of carbonyl (C=O) groups is 1. The molecule has 22 heavy (non-hydrogen) atoms. The Kier molecular flexibility index (Phi) is 5.94. The maximum Gasteiger partial charge on any atom is 0.263 e. The molecule has 0 spiro atoms. The normalized spacial score (nSPS) is 23.0. The summed E-state index contributed by atoms with van der Waals surface area (Å²) in [7, 11) is 0. The number of aryl methyl sites for hydroxylation is 1. The lowest BCUT2D eigenvalue weighted by molar-refractivity contribution is -0.0672. The van der Waals surface area contributed by atoms with Crippen LogP contribution in [0.5, 0.6) is 0 Å². The number of rotatable bonds is 5. The van der Waals surface area contributed by atoms with Gasteiger partial charge in [-0.05, 0) is 20.8 Å². The van der Waals surface area contributed by atoms with Crippen LogP contribution < -0.4 is 5.32 Å². The minimum absolute atomic E-state index is 0.00347. The van der Waals surface area contributed by atoms with Crippen LogP contribution in [0.15, 0.2) is 0 Å². The van der Waals surface area contributed by atoms with Crippen LogP contribution in [0.25, 0.3) is 0 Å². The average molecular weight is 325 g/mol. The van der Waals surface area contributed by atoms with E-state index in [0.717, 1.165) is 35.2 Å². The number of carbonyl (C=O) groups excluding carboxylic acids is 1. The van der Waals surface area contributed by atoms with E-state index in [9.17, 15) is 4.79 Å². The molecule has 0 aliphatic carbocycles. The first-order valence-corrected chi connectivity index (χ1v) is 8.81.